The second-order valence-electron chi connectivity index (χ2n) is 8.02. The molecule has 2 unspecified atom stereocenters. The minimum atomic E-state index is -1.61. The van der Waals surface area contributed by atoms with Crippen molar-refractivity contribution < 1.29 is 19.8 Å². The van der Waals surface area contributed by atoms with Crippen LogP contribution in [0, 0.1) is 0 Å². The van der Waals surface area contributed by atoms with E-state index in [0.29, 0.717) is 6.42 Å². The van der Waals surface area contributed by atoms with Crippen molar-refractivity contribution in [2.45, 2.75) is 126 Å². The zero-order valence-corrected chi connectivity index (χ0v) is 19.5. The van der Waals surface area contributed by atoms with Gasteiger partial charge in [0.05, 0.1) is 0 Å². The van der Waals surface area contributed by atoms with Gasteiger partial charge in [-0.3, -0.25) is 9.59 Å². The maximum Gasteiger partial charge on any atom is 0.321 e. The molecule has 2 N–H and O–H groups in total. The minimum absolute atomic E-state index is 0.227. The molecule has 0 heterocycles. The third-order valence-corrected chi connectivity index (χ3v) is 7.01. The van der Waals surface area contributed by atoms with Gasteiger partial charge in [-0.15, -0.1) is 0 Å². The molecule has 0 saturated heterocycles. The highest BCUT2D eigenvalue weighted by Gasteiger charge is 2.44. The number of carboxylic acid groups (broad SMARTS) is 2. The average molecular weight is 435 g/mol. The Hall–Kier alpha value is -0.360. The van der Waals surface area contributed by atoms with Crippen LogP contribution in [0.1, 0.15) is 116 Å². The molecule has 0 bridgehead atoms. The van der Waals surface area contributed by atoms with Crippen molar-refractivity contribution in [1.82, 2.24) is 0 Å². The van der Waals surface area contributed by atoms with Crippen LogP contribution in [0.4, 0.5) is 0 Å². The highest BCUT2D eigenvalue weighted by Crippen LogP contribution is 2.31. The van der Waals surface area contributed by atoms with E-state index < -0.39 is 21.9 Å². The highest BCUT2D eigenvalue weighted by atomic mass is 32.1. The van der Waals surface area contributed by atoms with Gasteiger partial charge in [-0.25, -0.2) is 0 Å². The van der Waals surface area contributed by atoms with Gasteiger partial charge in [-0.2, -0.15) is 25.3 Å². The van der Waals surface area contributed by atoms with E-state index in [1.165, 1.54) is 77.0 Å². The third-order valence-electron chi connectivity index (χ3n) is 5.47. The summed E-state index contributed by atoms with van der Waals surface area (Å²) in [6, 6.07) is 0. The monoisotopic (exact) mass is 434 g/mol. The first kappa shape index (κ1) is 27.6. The lowest BCUT2D eigenvalue weighted by Gasteiger charge is -2.26. The second kappa shape index (κ2) is 17.5. The number of hydrogen-bond acceptors (Lipinski definition) is 4. The number of unbranched alkanes of at least 4 members (excludes halogenated alkanes) is 15. The normalized spacial score (nSPS) is 14.5. The van der Waals surface area contributed by atoms with E-state index >= 15 is 0 Å². The number of carbonyl (C=O) groups is 2. The Morgan fingerprint density at radius 3 is 1.32 bits per heavy atom. The first-order valence-corrected chi connectivity index (χ1v) is 12.2. The van der Waals surface area contributed by atoms with E-state index in [1.807, 2.05) is 0 Å². The van der Waals surface area contributed by atoms with E-state index in [-0.39, 0.29) is 6.42 Å². The molecule has 0 radical (unpaired) electrons. The lowest BCUT2D eigenvalue weighted by molar-refractivity contribution is -0.145. The van der Waals surface area contributed by atoms with Crippen LogP contribution in [0.2, 0.25) is 0 Å². The molecule has 0 rings (SSSR count). The summed E-state index contributed by atoms with van der Waals surface area (Å²) in [5.74, 6) is -2.45. The van der Waals surface area contributed by atoms with E-state index in [9.17, 15) is 14.7 Å². The molecule has 166 valence electrons. The highest BCUT2D eigenvalue weighted by molar-refractivity contribution is 7.87. The fourth-order valence-electron chi connectivity index (χ4n) is 3.51. The molecule has 0 saturated carbocycles. The van der Waals surface area contributed by atoms with E-state index in [1.54, 1.807) is 0 Å². The summed E-state index contributed by atoms with van der Waals surface area (Å²) in [6.45, 7) is 2.26. The first-order chi connectivity index (χ1) is 13.4. The van der Waals surface area contributed by atoms with Gasteiger partial charge in [0.2, 0.25) is 0 Å². The number of thiol groups is 2. The van der Waals surface area contributed by atoms with E-state index in [0.717, 1.165) is 19.3 Å². The topological polar surface area (TPSA) is 74.6 Å². The molecule has 2 atom stereocenters. The van der Waals surface area contributed by atoms with Gasteiger partial charge in [-0.05, 0) is 6.42 Å². The Morgan fingerprint density at radius 1 is 0.714 bits per heavy atom. The molecule has 0 aromatic heterocycles. The van der Waals surface area contributed by atoms with E-state index in [4.69, 9.17) is 5.11 Å². The van der Waals surface area contributed by atoms with Crippen LogP contribution in [0.5, 0.6) is 0 Å². The average Bonchev–Trinajstić information content (AvgIpc) is 2.66. The van der Waals surface area contributed by atoms with Crippen molar-refractivity contribution in [2.75, 3.05) is 0 Å². The van der Waals surface area contributed by atoms with Gasteiger partial charge < -0.3 is 10.2 Å². The summed E-state index contributed by atoms with van der Waals surface area (Å²) in [4.78, 5) is 22.4. The van der Waals surface area contributed by atoms with Crippen molar-refractivity contribution in [3.05, 3.63) is 0 Å². The van der Waals surface area contributed by atoms with E-state index in [2.05, 4.69) is 32.2 Å². The van der Waals surface area contributed by atoms with Gasteiger partial charge in [-0.1, -0.05) is 110 Å². The smallest absolute Gasteiger partial charge is 0.321 e. The van der Waals surface area contributed by atoms with Gasteiger partial charge >= 0.3 is 11.9 Å². The maximum absolute atomic E-state index is 11.4. The van der Waals surface area contributed by atoms with Gasteiger partial charge in [0.25, 0.3) is 0 Å². The standard InChI is InChI=1S/C22H42O4S2/c1-2-3-4-5-6-7-8-9-10-11-12-13-14-15-16-17-18-22(28,21(25)26)19(27)20(23)24/h19,27-28H,2-18H2,1H3,(H,23,24)(H,25,26). The molecule has 6 heteroatoms. The molecule has 28 heavy (non-hydrogen) atoms. The predicted molar refractivity (Wildman–Crippen MR) is 124 cm³/mol. The molecule has 4 nitrogen and oxygen atoms in total. The van der Waals surface area contributed by atoms with Crippen LogP contribution >= 0.6 is 25.3 Å². The molecule has 0 aromatic carbocycles. The minimum Gasteiger partial charge on any atom is -0.480 e. The van der Waals surface area contributed by atoms with Gasteiger partial charge in [0.1, 0.15) is 10.00 Å². The van der Waals surface area contributed by atoms with Crippen LogP contribution < -0.4 is 0 Å². The number of rotatable bonds is 20. The molecule has 0 fully saturated rings. The number of hydrogen-bond donors (Lipinski definition) is 4. The first-order valence-electron chi connectivity index (χ1n) is 11.2. The molecular weight excluding hydrogens is 392 g/mol. The Balaban J connectivity index is 3.52. The lowest BCUT2D eigenvalue weighted by Crippen LogP contribution is -2.45. The summed E-state index contributed by atoms with van der Waals surface area (Å²) >= 11 is 8.04. The van der Waals surface area contributed by atoms with Crippen molar-refractivity contribution in [3.63, 3.8) is 0 Å². The van der Waals surface area contributed by atoms with Gasteiger partial charge in [0, 0.05) is 0 Å². The molecule has 0 spiro atoms. The molecule has 0 aliphatic carbocycles. The largest absolute Gasteiger partial charge is 0.480 e. The van der Waals surface area contributed by atoms with Crippen molar-refractivity contribution >= 4 is 37.2 Å². The van der Waals surface area contributed by atoms with Crippen LogP contribution in [0.15, 0.2) is 0 Å². The Labute approximate surface area is 183 Å². The SMILES string of the molecule is CCCCCCCCCCCCCCCCCCC(S)(C(=O)O)C(S)C(=O)O. The zero-order chi connectivity index (χ0) is 21.3. The zero-order valence-electron chi connectivity index (χ0n) is 17.7. The summed E-state index contributed by atoms with van der Waals surface area (Å²) in [6.07, 6.45) is 20.2. The number of carboxylic acids is 2. The molecule has 0 aromatic rings. The molecule has 0 aliphatic rings. The van der Waals surface area contributed by atoms with Crippen molar-refractivity contribution in [2.24, 2.45) is 0 Å². The van der Waals surface area contributed by atoms with Crippen LogP contribution in [0.25, 0.3) is 0 Å². The molecular formula is C22H42O4S2. The fraction of sp³-hybridized carbons (Fsp3) is 0.909. The van der Waals surface area contributed by atoms with Crippen molar-refractivity contribution in [1.29, 1.82) is 0 Å². The lowest BCUT2D eigenvalue weighted by atomic mass is 9.95. The quantitative estimate of drug-likeness (QED) is 0.126. The molecule has 0 aliphatic heterocycles. The Kier molecular flexibility index (Phi) is 17.3. The maximum atomic E-state index is 11.4. The van der Waals surface area contributed by atoms with Crippen LogP contribution in [-0.2, 0) is 9.59 Å². The van der Waals surface area contributed by atoms with Crippen molar-refractivity contribution in [3.8, 4) is 0 Å². The summed E-state index contributed by atoms with van der Waals surface area (Å²) in [7, 11) is 0. The van der Waals surface area contributed by atoms with Crippen LogP contribution in [-0.4, -0.2) is 32.1 Å². The predicted octanol–water partition coefficient (Wildman–Crippen LogP) is 6.77. The summed E-state index contributed by atoms with van der Waals surface area (Å²) in [5.41, 5.74) is 0. The molecule has 0 amide bonds. The van der Waals surface area contributed by atoms with Crippen LogP contribution in [0.3, 0.4) is 0 Å². The fourth-order valence-corrected chi connectivity index (χ4v) is 4.02. The Bertz CT molecular complexity index is 417. The summed E-state index contributed by atoms with van der Waals surface area (Å²) < 4.78 is -1.61. The Morgan fingerprint density at radius 2 is 1.04 bits per heavy atom. The summed E-state index contributed by atoms with van der Waals surface area (Å²) in [5, 5.41) is 17.0. The van der Waals surface area contributed by atoms with Gasteiger partial charge in [0.15, 0.2) is 0 Å². The number of aliphatic carboxylic acids is 2. The second-order valence-corrected chi connectivity index (χ2v) is 9.34. The third kappa shape index (κ3) is 13.0.